The molecule has 28 heavy (non-hydrogen) atoms. The molecule has 0 fully saturated rings. The van der Waals surface area contributed by atoms with Gasteiger partial charge < -0.3 is 15.2 Å². The van der Waals surface area contributed by atoms with Crippen LogP contribution >= 0.6 is 0 Å². The second-order valence-corrected chi connectivity index (χ2v) is 6.13. The summed E-state index contributed by atoms with van der Waals surface area (Å²) in [5.74, 6) is 1.04. The predicted molar refractivity (Wildman–Crippen MR) is 103 cm³/mol. The lowest BCUT2D eigenvalue weighted by atomic mass is 9.97. The average Bonchev–Trinajstić information content (AvgIpc) is 2.70. The van der Waals surface area contributed by atoms with E-state index in [1.807, 2.05) is 13.0 Å². The number of fused-ring (bicyclic) bond motifs is 1. The number of hydrogen-bond acceptors (Lipinski definition) is 6. The molecule has 0 saturated carbocycles. The highest BCUT2D eigenvalue weighted by Gasteiger charge is 2.25. The third-order valence-corrected chi connectivity index (χ3v) is 4.55. The Morgan fingerprint density at radius 2 is 1.93 bits per heavy atom. The summed E-state index contributed by atoms with van der Waals surface area (Å²) in [4.78, 5) is 28.0. The summed E-state index contributed by atoms with van der Waals surface area (Å²) in [6.07, 6.45) is 0. The summed E-state index contributed by atoms with van der Waals surface area (Å²) in [6, 6.07) is 7.13. The molecule has 9 heteroatoms. The van der Waals surface area contributed by atoms with Gasteiger partial charge in [-0.1, -0.05) is 6.07 Å². The number of benzene rings is 1. The number of nitriles is 1. The molecule has 0 saturated heterocycles. The van der Waals surface area contributed by atoms with Gasteiger partial charge in [0.1, 0.15) is 17.0 Å². The van der Waals surface area contributed by atoms with Gasteiger partial charge in [0, 0.05) is 12.6 Å². The van der Waals surface area contributed by atoms with Crippen molar-refractivity contribution in [3.63, 3.8) is 0 Å². The maximum atomic E-state index is 12.9. The summed E-state index contributed by atoms with van der Waals surface area (Å²) in [5.41, 5.74) is 6.19. The molecule has 0 aliphatic heterocycles. The first-order valence-corrected chi connectivity index (χ1v) is 8.51. The van der Waals surface area contributed by atoms with E-state index < -0.39 is 11.2 Å². The van der Waals surface area contributed by atoms with Gasteiger partial charge in [-0.2, -0.15) is 5.26 Å². The minimum atomic E-state index is -0.534. The Balaban J connectivity index is 2.52. The third kappa shape index (κ3) is 2.75. The van der Waals surface area contributed by atoms with E-state index in [1.165, 1.54) is 25.8 Å². The first kappa shape index (κ1) is 19.0. The van der Waals surface area contributed by atoms with E-state index in [-0.39, 0.29) is 22.4 Å². The van der Waals surface area contributed by atoms with Crippen LogP contribution in [0.4, 0.5) is 5.82 Å². The SMILES string of the molecule is CCOc1ccc(-c2c(C#N)c(N)[nH+]c3c2c(=O)n(C)c(=O)n3C)cc1OC. The smallest absolute Gasteiger partial charge is 0.388 e. The van der Waals surface area contributed by atoms with E-state index in [2.05, 4.69) is 4.98 Å². The Labute approximate surface area is 160 Å². The number of methoxy groups -OCH3 is 1. The number of nitrogens with zero attached hydrogens (tertiary/aromatic N) is 3. The van der Waals surface area contributed by atoms with Crippen LogP contribution in [0, 0.1) is 11.3 Å². The van der Waals surface area contributed by atoms with Gasteiger partial charge in [0.05, 0.1) is 20.8 Å². The van der Waals surface area contributed by atoms with Crippen LogP contribution in [0.15, 0.2) is 27.8 Å². The van der Waals surface area contributed by atoms with Crippen molar-refractivity contribution in [1.82, 2.24) is 9.13 Å². The van der Waals surface area contributed by atoms with Gasteiger partial charge in [-0.25, -0.2) is 18.9 Å². The minimum absolute atomic E-state index is 0.0566. The van der Waals surface area contributed by atoms with E-state index in [0.717, 1.165) is 4.57 Å². The zero-order chi connectivity index (χ0) is 20.6. The normalized spacial score (nSPS) is 10.7. The van der Waals surface area contributed by atoms with Crippen LogP contribution in [0.3, 0.4) is 0 Å². The molecule has 144 valence electrons. The quantitative estimate of drug-likeness (QED) is 0.703. The largest absolute Gasteiger partial charge is 0.493 e. The van der Waals surface area contributed by atoms with Crippen LogP contribution in [0.25, 0.3) is 22.2 Å². The van der Waals surface area contributed by atoms with Crippen LogP contribution in [-0.2, 0) is 14.1 Å². The Hall–Kier alpha value is -3.80. The van der Waals surface area contributed by atoms with E-state index in [4.69, 9.17) is 15.2 Å². The number of nitrogens with one attached hydrogen (secondary N) is 1. The number of anilines is 1. The summed E-state index contributed by atoms with van der Waals surface area (Å²) < 4.78 is 13.2. The van der Waals surface area contributed by atoms with Crippen molar-refractivity contribution in [3.8, 4) is 28.7 Å². The number of hydrogen-bond donors (Lipinski definition) is 1. The van der Waals surface area contributed by atoms with Gasteiger partial charge in [0.25, 0.3) is 5.56 Å². The molecule has 3 rings (SSSR count). The number of aryl methyl sites for hydroxylation is 1. The maximum absolute atomic E-state index is 12.9. The van der Waals surface area contributed by atoms with E-state index in [9.17, 15) is 14.9 Å². The lowest BCUT2D eigenvalue weighted by molar-refractivity contribution is -0.331. The molecule has 0 atom stereocenters. The van der Waals surface area contributed by atoms with Gasteiger partial charge in [0.2, 0.25) is 11.5 Å². The summed E-state index contributed by atoms with van der Waals surface area (Å²) in [7, 11) is 4.41. The van der Waals surface area contributed by atoms with Gasteiger partial charge >= 0.3 is 5.69 Å². The molecule has 0 aliphatic carbocycles. The topological polar surface area (TPSA) is 126 Å². The number of ether oxygens (including phenoxy) is 2. The van der Waals surface area contributed by atoms with Gasteiger partial charge in [-0.05, 0) is 24.6 Å². The van der Waals surface area contributed by atoms with Crippen molar-refractivity contribution in [2.24, 2.45) is 14.1 Å². The molecule has 2 aromatic heterocycles. The molecule has 2 heterocycles. The second kappa shape index (κ2) is 7.08. The number of aromatic nitrogens is 3. The monoisotopic (exact) mass is 382 g/mol. The van der Waals surface area contributed by atoms with Crippen LogP contribution in [-0.4, -0.2) is 22.9 Å². The number of H-pyrrole nitrogens is 1. The van der Waals surface area contributed by atoms with Crippen LogP contribution in [0.2, 0.25) is 0 Å². The highest BCUT2D eigenvalue weighted by atomic mass is 16.5. The molecular weight excluding hydrogens is 362 g/mol. The zero-order valence-corrected chi connectivity index (χ0v) is 16.0. The Kier molecular flexibility index (Phi) is 4.79. The van der Waals surface area contributed by atoms with Gasteiger partial charge in [0.15, 0.2) is 11.5 Å². The number of rotatable bonds is 4. The average molecular weight is 382 g/mol. The lowest BCUT2D eigenvalue weighted by Crippen LogP contribution is -2.40. The zero-order valence-electron chi connectivity index (χ0n) is 16.0. The minimum Gasteiger partial charge on any atom is -0.493 e. The van der Waals surface area contributed by atoms with E-state index in [1.54, 1.807) is 18.2 Å². The fourth-order valence-electron chi connectivity index (χ4n) is 3.17. The molecule has 0 unspecified atom stereocenters. The third-order valence-electron chi connectivity index (χ3n) is 4.55. The van der Waals surface area contributed by atoms with Crippen molar-refractivity contribution in [1.29, 1.82) is 5.26 Å². The fraction of sp³-hybridized carbons (Fsp3) is 0.263. The number of nitrogens with two attached hydrogens (primary N) is 1. The van der Waals surface area contributed by atoms with E-state index >= 15 is 0 Å². The molecule has 3 aromatic rings. The highest BCUT2D eigenvalue weighted by Crippen LogP contribution is 2.36. The predicted octanol–water partition coefficient (Wildman–Crippen LogP) is 0.579. The molecule has 0 aliphatic rings. The maximum Gasteiger partial charge on any atom is 0.388 e. The van der Waals surface area contributed by atoms with Crippen molar-refractivity contribution >= 4 is 16.9 Å². The standard InChI is InChI=1S/C19H19N5O4/c1-5-28-12-7-6-10(8-13(12)27-4)14-11(9-20)16(21)22-17-15(14)18(25)24(3)19(26)23(17)2/h6-8H,5H2,1-4H3,(H2,21,22)/p+1. The highest BCUT2D eigenvalue weighted by molar-refractivity contribution is 5.96. The molecular formula is C19H20N5O4+. The number of aromatic amines is 1. The van der Waals surface area contributed by atoms with Crippen LogP contribution < -0.4 is 31.4 Å². The van der Waals surface area contributed by atoms with Gasteiger partial charge in [-0.3, -0.25) is 4.79 Å². The molecule has 0 spiro atoms. The second-order valence-electron chi connectivity index (χ2n) is 6.13. The Morgan fingerprint density at radius 3 is 2.54 bits per heavy atom. The van der Waals surface area contributed by atoms with Crippen molar-refractivity contribution in [3.05, 3.63) is 44.6 Å². The van der Waals surface area contributed by atoms with Crippen molar-refractivity contribution < 1.29 is 14.5 Å². The van der Waals surface area contributed by atoms with Crippen molar-refractivity contribution in [2.45, 2.75) is 6.92 Å². The summed E-state index contributed by atoms with van der Waals surface area (Å²) in [5, 5.41) is 9.87. The summed E-state index contributed by atoms with van der Waals surface area (Å²) >= 11 is 0. The lowest BCUT2D eigenvalue weighted by Gasteiger charge is -2.14. The van der Waals surface area contributed by atoms with Gasteiger partial charge in [-0.15, -0.1) is 0 Å². The molecule has 3 N–H and O–H groups in total. The van der Waals surface area contributed by atoms with Crippen LogP contribution in [0.5, 0.6) is 11.5 Å². The van der Waals surface area contributed by atoms with E-state index in [0.29, 0.717) is 29.2 Å². The number of nitrogen functional groups attached to an aromatic ring is 1. The molecule has 0 bridgehead atoms. The first-order chi connectivity index (χ1) is 13.3. The molecule has 0 radical (unpaired) electrons. The summed E-state index contributed by atoms with van der Waals surface area (Å²) in [6.45, 7) is 2.31. The fourth-order valence-corrected chi connectivity index (χ4v) is 3.17. The first-order valence-electron chi connectivity index (χ1n) is 8.51. The number of pyridine rings is 1. The van der Waals surface area contributed by atoms with Crippen molar-refractivity contribution in [2.75, 3.05) is 19.5 Å². The Morgan fingerprint density at radius 1 is 1.21 bits per heavy atom. The molecule has 1 aromatic carbocycles. The van der Waals surface area contributed by atoms with Crippen LogP contribution in [0.1, 0.15) is 12.5 Å². The molecule has 9 nitrogen and oxygen atoms in total. The Bertz CT molecular complexity index is 1250. The molecule has 0 amide bonds.